The number of hydrogen-bond acceptors (Lipinski definition) is 5. The molecule has 0 unspecified atom stereocenters. The van der Waals surface area contributed by atoms with Gasteiger partial charge in [0, 0.05) is 0 Å². The molecule has 0 bridgehead atoms. The van der Waals surface area contributed by atoms with Crippen molar-refractivity contribution in [1.29, 1.82) is 0 Å². The molecule has 0 radical (unpaired) electrons. The zero-order valence-corrected chi connectivity index (χ0v) is 15.8. The van der Waals surface area contributed by atoms with E-state index in [9.17, 15) is 14.4 Å². The molecular formula is C19H28N2O5. The minimum Gasteiger partial charge on any atom is -0.464 e. The highest BCUT2D eigenvalue weighted by atomic mass is 16.5. The van der Waals surface area contributed by atoms with Gasteiger partial charge >= 0.3 is 12.1 Å². The fraction of sp³-hybridized carbons (Fsp3) is 0.526. The van der Waals surface area contributed by atoms with Crippen LogP contribution in [0.15, 0.2) is 30.3 Å². The first kappa shape index (κ1) is 21.5. The Bertz CT molecular complexity index is 589. The maximum absolute atomic E-state index is 12.4. The van der Waals surface area contributed by atoms with Crippen LogP contribution < -0.4 is 10.6 Å². The van der Waals surface area contributed by atoms with Gasteiger partial charge in [0.2, 0.25) is 5.91 Å². The number of ether oxygens (including phenoxy) is 2. The van der Waals surface area contributed by atoms with Gasteiger partial charge in [0.05, 0.1) is 6.61 Å². The van der Waals surface area contributed by atoms with Gasteiger partial charge in [-0.25, -0.2) is 9.59 Å². The third kappa shape index (κ3) is 8.00. The Labute approximate surface area is 154 Å². The molecule has 1 aromatic carbocycles. The molecule has 0 aromatic heterocycles. The van der Waals surface area contributed by atoms with Gasteiger partial charge in [-0.05, 0) is 31.7 Å². The third-order valence-corrected chi connectivity index (χ3v) is 3.53. The van der Waals surface area contributed by atoms with Gasteiger partial charge in [0.1, 0.15) is 18.7 Å². The van der Waals surface area contributed by atoms with E-state index >= 15 is 0 Å². The largest absolute Gasteiger partial charge is 0.464 e. The van der Waals surface area contributed by atoms with Crippen LogP contribution in [0, 0.1) is 5.92 Å². The second kappa shape index (κ2) is 11.1. The van der Waals surface area contributed by atoms with E-state index < -0.39 is 30.1 Å². The molecule has 0 saturated heterocycles. The number of amides is 2. The summed E-state index contributed by atoms with van der Waals surface area (Å²) in [6.45, 7) is 7.45. The van der Waals surface area contributed by atoms with E-state index in [-0.39, 0.29) is 19.1 Å². The van der Waals surface area contributed by atoms with Crippen molar-refractivity contribution in [2.45, 2.75) is 52.8 Å². The molecule has 0 aliphatic heterocycles. The van der Waals surface area contributed by atoms with Crippen LogP contribution in [0.25, 0.3) is 0 Å². The highest BCUT2D eigenvalue weighted by molar-refractivity contribution is 5.89. The minimum atomic E-state index is -0.796. The highest BCUT2D eigenvalue weighted by Gasteiger charge is 2.26. The fourth-order valence-corrected chi connectivity index (χ4v) is 2.25. The molecule has 144 valence electrons. The van der Waals surface area contributed by atoms with Crippen molar-refractivity contribution in [3.63, 3.8) is 0 Å². The maximum Gasteiger partial charge on any atom is 0.408 e. The maximum atomic E-state index is 12.4. The monoisotopic (exact) mass is 364 g/mol. The summed E-state index contributed by atoms with van der Waals surface area (Å²) in [5, 5.41) is 5.13. The first-order valence-electron chi connectivity index (χ1n) is 8.77. The first-order valence-corrected chi connectivity index (χ1v) is 8.77. The van der Waals surface area contributed by atoms with Crippen LogP contribution in [0.2, 0.25) is 0 Å². The smallest absolute Gasteiger partial charge is 0.408 e. The Hall–Kier alpha value is -2.57. The minimum absolute atomic E-state index is 0.113. The molecule has 2 atom stereocenters. The second-order valence-corrected chi connectivity index (χ2v) is 6.37. The van der Waals surface area contributed by atoms with E-state index in [0.29, 0.717) is 6.42 Å². The van der Waals surface area contributed by atoms with Crippen molar-refractivity contribution in [3.8, 4) is 0 Å². The summed E-state index contributed by atoms with van der Waals surface area (Å²) in [6, 6.07) is 7.66. The number of alkyl carbamates (subject to hydrolysis) is 1. The SMILES string of the molecule is CCOC(=O)[C@@H](C)NC(=O)[C@@H](CC(C)C)NC(=O)OCc1ccccc1. The molecule has 0 fully saturated rings. The molecule has 2 N–H and O–H groups in total. The standard InChI is InChI=1S/C19H28N2O5/c1-5-25-18(23)14(4)20-17(22)16(11-13(2)3)21-19(24)26-12-15-9-7-6-8-10-15/h6-10,13-14,16H,5,11-12H2,1-4H3,(H,20,22)(H,21,24)/t14-,16-/m1/s1. The number of carbonyl (C=O) groups is 3. The topological polar surface area (TPSA) is 93.7 Å². The number of rotatable bonds is 9. The molecule has 2 amide bonds. The Morgan fingerprint density at radius 1 is 1.00 bits per heavy atom. The highest BCUT2D eigenvalue weighted by Crippen LogP contribution is 2.07. The average Bonchev–Trinajstić information content (AvgIpc) is 2.60. The molecule has 0 aliphatic rings. The van der Waals surface area contributed by atoms with E-state index in [1.54, 1.807) is 6.92 Å². The molecule has 0 aliphatic carbocycles. The number of benzene rings is 1. The Morgan fingerprint density at radius 2 is 1.65 bits per heavy atom. The number of hydrogen-bond donors (Lipinski definition) is 2. The third-order valence-electron chi connectivity index (χ3n) is 3.53. The Kier molecular flexibility index (Phi) is 9.19. The normalized spacial score (nSPS) is 12.8. The summed E-state index contributed by atoms with van der Waals surface area (Å²) in [6.07, 6.45) is -0.264. The summed E-state index contributed by atoms with van der Waals surface area (Å²) < 4.78 is 10.0. The van der Waals surface area contributed by atoms with Crippen molar-refractivity contribution in [2.75, 3.05) is 6.61 Å². The van der Waals surface area contributed by atoms with Gasteiger partial charge in [0.15, 0.2) is 0 Å². The van der Waals surface area contributed by atoms with Crippen LogP contribution in [0.3, 0.4) is 0 Å². The van der Waals surface area contributed by atoms with E-state index in [4.69, 9.17) is 9.47 Å². The molecular weight excluding hydrogens is 336 g/mol. The van der Waals surface area contributed by atoms with Gasteiger partial charge in [-0.2, -0.15) is 0 Å². The van der Waals surface area contributed by atoms with Crippen LogP contribution >= 0.6 is 0 Å². The summed E-state index contributed by atoms with van der Waals surface area (Å²) in [5.41, 5.74) is 0.850. The fourth-order valence-electron chi connectivity index (χ4n) is 2.25. The van der Waals surface area contributed by atoms with E-state index in [0.717, 1.165) is 5.56 Å². The van der Waals surface area contributed by atoms with Gasteiger partial charge in [-0.1, -0.05) is 44.2 Å². The van der Waals surface area contributed by atoms with Crippen molar-refractivity contribution >= 4 is 18.0 Å². The van der Waals surface area contributed by atoms with Gasteiger partial charge in [-0.15, -0.1) is 0 Å². The predicted octanol–water partition coefficient (Wildman–Crippen LogP) is 2.40. The van der Waals surface area contributed by atoms with Crippen molar-refractivity contribution in [3.05, 3.63) is 35.9 Å². The number of esters is 1. The summed E-state index contributed by atoms with van der Waals surface area (Å²) in [4.78, 5) is 36.1. The van der Waals surface area contributed by atoms with Crippen LogP contribution in [0.1, 0.15) is 39.7 Å². The van der Waals surface area contributed by atoms with Crippen LogP contribution in [0.4, 0.5) is 4.79 Å². The lowest BCUT2D eigenvalue weighted by atomic mass is 10.0. The predicted molar refractivity (Wildman–Crippen MR) is 97.2 cm³/mol. The number of nitrogens with one attached hydrogen (secondary N) is 2. The molecule has 26 heavy (non-hydrogen) atoms. The lowest BCUT2D eigenvalue weighted by Crippen LogP contribution is -2.51. The molecule has 0 saturated carbocycles. The molecule has 0 heterocycles. The average molecular weight is 364 g/mol. The van der Waals surface area contributed by atoms with E-state index in [1.165, 1.54) is 6.92 Å². The van der Waals surface area contributed by atoms with Crippen molar-refractivity contribution in [1.82, 2.24) is 10.6 Å². The zero-order valence-electron chi connectivity index (χ0n) is 15.8. The summed E-state index contributed by atoms with van der Waals surface area (Å²) >= 11 is 0. The van der Waals surface area contributed by atoms with E-state index in [1.807, 2.05) is 44.2 Å². The summed E-state index contributed by atoms with van der Waals surface area (Å²) in [5.74, 6) is -0.801. The molecule has 1 aromatic rings. The lowest BCUT2D eigenvalue weighted by molar-refractivity contribution is -0.147. The zero-order chi connectivity index (χ0) is 19.5. The number of carbonyl (C=O) groups excluding carboxylic acids is 3. The summed E-state index contributed by atoms with van der Waals surface area (Å²) in [7, 11) is 0. The van der Waals surface area contributed by atoms with Gasteiger partial charge < -0.3 is 20.1 Å². The van der Waals surface area contributed by atoms with Crippen molar-refractivity contribution < 1.29 is 23.9 Å². The van der Waals surface area contributed by atoms with Crippen LogP contribution in [0.5, 0.6) is 0 Å². The molecule has 7 heteroatoms. The lowest BCUT2D eigenvalue weighted by Gasteiger charge is -2.22. The first-order chi connectivity index (χ1) is 12.3. The molecule has 7 nitrogen and oxygen atoms in total. The second-order valence-electron chi connectivity index (χ2n) is 6.37. The van der Waals surface area contributed by atoms with Crippen LogP contribution in [-0.2, 0) is 25.7 Å². The van der Waals surface area contributed by atoms with Gasteiger partial charge in [-0.3, -0.25) is 4.79 Å². The Balaban J connectivity index is 2.60. The molecule has 0 spiro atoms. The van der Waals surface area contributed by atoms with E-state index in [2.05, 4.69) is 10.6 Å². The quantitative estimate of drug-likeness (QED) is 0.656. The van der Waals surface area contributed by atoms with Crippen molar-refractivity contribution in [2.24, 2.45) is 5.92 Å². The molecule has 1 rings (SSSR count). The van der Waals surface area contributed by atoms with Crippen LogP contribution in [-0.4, -0.2) is 36.7 Å². The van der Waals surface area contributed by atoms with Gasteiger partial charge in [0.25, 0.3) is 0 Å². The Morgan fingerprint density at radius 3 is 2.23 bits per heavy atom.